The first-order valence-electron chi connectivity index (χ1n) is 16.0. The second kappa shape index (κ2) is 11.0. The summed E-state index contributed by atoms with van der Waals surface area (Å²) in [6.07, 6.45) is 0. The maximum Gasteiger partial charge on any atom is 0.227 e. The maximum absolute atomic E-state index is 6.10. The summed E-state index contributed by atoms with van der Waals surface area (Å²) in [7, 11) is 0. The molecular formula is C44H30N2O. The van der Waals surface area contributed by atoms with E-state index in [2.05, 4.69) is 163 Å². The van der Waals surface area contributed by atoms with Crippen molar-refractivity contribution in [3.63, 3.8) is 0 Å². The quantitative estimate of drug-likeness (QED) is 0.196. The molecule has 2 heterocycles. The van der Waals surface area contributed by atoms with Crippen LogP contribution in [-0.2, 0) is 0 Å². The Hall–Kier alpha value is -6.19. The van der Waals surface area contributed by atoms with E-state index in [1.54, 1.807) is 0 Å². The average molecular weight is 603 g/mol. The van der Waals surface area contributed by atoms with Gasteiger partial charge < -0.3 is 8.98 Å². The zero-order valence-electron chi connectivity index (χ0n) is 25.9. The largest absolute Gasteiger partial charge is 0.436 e. The Morgan fingerprint density at radius 1 is 0.468 bits per heavy atom. The molecule has 222 valence electrons. The number of nitrogens with zero attached hydrogens (tertiary/aromatic N) is 2. The summed E-state index contributed by atoms with van der Waals surface area (Å²) in [5.41, 5.74) is 14.5. The van der Waals surface area contributed by atoms with Crippen LogP contribution in [0.5, 0.6) is 0 Å². The van der Waals surface area contributed by atoms with Crippen molar-refractivity contribution in [2.24, 2.45) is 0 Å². The molecule has 3 heteroatoms. The Morgan fingerprint density at radius 2 is 0.957 bits per heavy atom. The van der Waals surface area contributed by atoms with Gasteiger partial charge in [-0.2, -0.15) is 0 Å². The van der Waals surface area contributed by atoms with E-state index < -0.39 is 0 Å². The fourth-order valence-corrected chi connectivity index (χ4v) is 6.88. The van der Waals surface area contributed by atoms with Crippen LogP contribution in [0.2, 0.25) is 0 Å². The van der Waals surface area contributed by atoms with E-state index in [9.17, 15) is 0 Å². The SMILES string of the molecule is Cc1ccc2nc(-c3ccc(-c4ccccc4-c4ccccc4-c4ccc(-n5c6ccccc6c6ccccc65)cc4)cc3)oc2c1. The third-order valence-electron chi connectivity index (χ3n) is 9.15. The Morgan fingerprint density at radius 3 is 1.55 bits per heavy atom. The van der Waals surface area contributed by atoms with E-state index in [1.807, 2.05) is 12.1 Å². The number of benzene rings is 7. The highest BCUT2D eigenvalue weighted by Crippen LogP contribution is 2.39. The van der Waals surface area contributed by atoms with Crippen LogP contribution in [0.1, 0.15) is 5.56 Å². The van der Waals surface area contributed by atoms with Crippen molar-refractivity contribution >= 4 is 32.9 Å². The number of rotatable bonds is 5. The number of aryl methyl sites for hydroxylation is 1. The number of hydrogen-bond acceptors (Lipinski definition) is 2. The lowest BCUT2D eigenvalue weighted by Crippen LogP contribution is -1.94. The lowest BCUT2D eigenvalue weighted by Gasteiger charge is -2.15. The molecule has 0 spiro atoms. The highest BCUT2D eigenvalue weighted by atomic mass is 16.3. The minimum absolute atomic E-state index is 0.639. The van der Waals surface area contributed by atoms with Gasteiger partial charge in [0.1, 0.15) is 5.52 Å². The van der Waals surface area contributed by atoms with Gasteiger partial charge in [0.15, 0.2) is 5.58 Å². The Kier molecular flexibility index (Phi) is 6.36. The molecule has 0 aliphatic rings. The molecule has 0 aliphatic heterocycles. The third-order valence-corrected chi connectivity index (χ3v) is 9.15. The smallest absolute Gasteiger partial charge is 0.227 e. The molecule has 0 bridgehead atoms. The first-order valence-corrected chi connectivity index (χ1v) is 16.0. The summed E-state index contributed by atoms with van der Waals surface area (Å²) < 4.78 is 8.46. The zero-order chi connectivity index (χ0) is 31.3. The molecule has 7 aromatic carbocycles. The molecule has 3 nitrogen and oxygen atoms in total. The van der Waals surface area contributed by atoms with Gasteiger partial charge in [-0.25, -0.2) is 4.98 Å². The molecular weight excluding hydrogens is 572 g/mol. The van der Waals surface area contributed by atoms with E-state index in [1.165, 1.54) is 49.6 Å². The van der Waals surface area contributed by atoms with Crippen LogP contribution in [-0.4, -0.2) is 9.55 Å². The minimum Gasteiger partial charge on any atom is -0.436 e. The second-order valence-corrected chi connectivity index (χ2v) is 12.1. The molecule has 0 atom stereocenters. The van der Waals surface area contributed by atoms with Crippen molar-refractivity contribution < 1.29 is 4.42 Å². The molecule has 0 aliphatic carbocycles. The van der Waals surface area contributed by atoms with E-state index in [0.29, 0.717) is 5.89 Å². The molecule has 9 rings (SSSR count). The van der Waals surface area contributed by atoms with Gasteiger partial charge in [0.2, 0.25) is 5.89 Å². The first-order chi connectivity index (χ1) is 23.2. The summed E-state index contributed by atoms with van der Waals surface area (Å²) >= 11 is 0. The fraction of sp³-hybridized carbons (Fsp3) is 0.0227. The van der Waals surface area contributed by atoms with Gasteiger partial charge in [-0.3, -0.25) is 0 Å². The third kappa shape index (κ3) is 4.63. The van der Waals surface area contributed by atoms with Gasteiger partial charge >= 0.3 is 0 Å². The van der Waals surface area contributed by atoms with E-state index in [4.69, 9.17) is 9.40 Å². The number of hydrogen-bond donors (Lipinski definition) is 0. The van der Waals surface area contributed by atoms with Gasteiger partial charge in [0.25, 0.3) is 0 Å². The lowest BCUT2D eigenvalue weighted by molar-refractivity contribution is 0.619. The Bertz CT molecular complexity index is 2520. The van der Waals surface area contributed by atoms with Gasteiger partial charge in [0.05, 0.1) is 11.0 Å². The van der Waals surface area contributed by atoms with Crippen LogP contribution >= 0.6 is 0 Å². The molecule has 0 saturated heterocycles. The summed E-state index contributed by atoms with van der Waals surface area (Å²) in [6.45, 7) is 2.06. The Labute approximate surface area is 273 Å². The number of aromatic nitrogens is 2. The van der Waals surface area contributed by atoms with Gasteiger partial charge in [-0.1, -0.05) is 115 Å². The summed E-state index contributed by atoms with van der Waals surface area (Å²) in [5.74, 6) is 0.639. The molecule has 0 radical (unpaired) electrons. The first kappa shape index (κ1) is 27.1. The number of fused-ring (bicyclic) bond motifs is 4. The van der Waals surface area contributed by atoms with Gasteiger partial charge in [-0.05, 0) is 94.4 Å². The van der Waals surface area contributed by atoms with Crippen molar-refractivity contribution in [3.05, 3.63) is 169 Å². The zero-order valence-corrected chi connectivity index (χ0v) is 25.9. The fourth-order valence-electron chi connectivity index (χ4n) is 6.88. The van der Waals surface area contributed by atoms with Gasteiger partial charge in [-0.15, -0.1) is 0 Å². The highest BCUT2D eigenvalue weighted by Gasteiger charge is 2.15. The maximum atomic E-state index is 6.10. The molecule has 0 amide bonds. The van der Waals surface area contributed by atoms with Crippen LogP contribution in [0.4, 0.5) is 0 Å². The van der Waals surface area contributed by atoms with Crippen molar-refractivity contribution in [2.45, 2.75) is 6.92 Å². The summed E-state index contributed by atoms with van der Waals surface area (Å²) in [6, 6.07) is 58.2. The molecule has 9 aromatic rings. The van der Waals surface area contributed by atoms with Crippen LogP contribution in [0.15, 0.2) is 168 Å². The second-order valence-electron chi connectivity index (χ2n) is 12.1. The predicted octanol–water partition coefficient (Wildman–Crippen LogP) is 11.9. The van der Waals surface area contributed by atoms with Crippen LogP contribution in [0.25, 0.3) is 83.4 Å². The standard InChI is InChI=1S/C44H30N2O/c1-29-18-27-40-43(28-29)47-44(45-40)32-21-19-30(20-22-32)34-10-2-4-12-36(34)37-13-5-3-11-35(37)31-23-25-33(26-24-31)46-41-16-8-6-14-38(41)39-15-7-9-17-42(39)46/h2-28H,1H3. The predicted molar refractivity (Wildman–Crippen MR) is 195 cm³/mol. The molecule has 0 fully saturated rings. The summed E-state index contributed by atoms with van der Waals surface area (Å²) in [5, 5.41) is 2.54. The topological polar surface area (TPSA) is 31.0 Å². The molecule has 0 saturated carbocycles. The van der Waals surface area contributed by atoms with E-state index in [0.717, 1.165) is 33.5 Å². The van der Waals surface area contributed by atoms with Crippen LogP contribution < -0.4 is 0 Å². The normalized spacial score (nSPS) is 11.5. The van der Waals surface area contributed by atoms with Crippen LogP contribution in [0, 0.1) is 6.92 Å². The average Bonchev–Trinajstić information content (AvgIpc) is 3.71. The van der Waals surface area contributed by atoms with Crippen molar-refractivity contribution in [1.82, 2.24) is 9.55 Å². The van der Waals surface area contributed by atoms with Crippen molar-refractivity contribution in [1.29, 1.82) is 0 Å². The molecule has 47 heavy (non-hydrogen) atoms. The Balaban J connectivity index is 1.09. The highest BCUT2D eigenvalue weighted by molar-refractivity contribution is 6.09. The van der Waals surface area contributed by atoms with Crippen LogP contribution in [0.3, 0.4) is 0 Å². The van der Waals surface area contributed by atoms with E-state index in [-0.39, 0.29) is 0 Å². The number of oxazole rings is 1. The number of para-hydroxylation sites is 2. The molecule has 2 aromatic heterocycles. The monoisotopic (exact) mass is 602 g/mol. The van der Waals surface area contributed by atoms with Crippen molar-refractivity contribution in [3.8, 4) is 50.5 Å². The molecule has 0 N–H and O–H groups in total. The van der Waals surface area contributed by atoms with Gasteiger partial charge in [0, 0.05) is 22.0 Å². The molecule has 0 unspecified atom stereocenters. The van der Waals surface area contributed by atoms with E-state index >= 15 is 0 Å². The summed E-state index contributed by atoms with van der Waals surface area (Å²) in [4.78, 5) is 4.72. The van der Waals surface area contributed by atoms with Crippen molar-refractivity contribution in [2.75, 3.05) is 0 Å². The minimum atomic E-state index is 0.639. The lowest BCUT2D eigenvalue weighted by atomic mass is 9.89.